The highest BCUT2D eigenvalue weighted by Gasteiger charge is 2.04. The summed E-state index contributed by atoms with van der Waals surface area (Å²) < 4.78 is 10.1. The summed E-state index contributed by atoms with van der Waals surface area (Å²) in [5.74, 6) is -1.30. The van der Waals surface area contributed by atoms with Crippen LogP contribution in [-0.2, 0) is 9.59 Å². The first kappa shape index (κ1) is 25.3. The molecule has 0 aliphatic carbocycles. The average Bonchev–Trinajstić information content (AvgIpc) is 2.65. The molecule has 2 aromatic carbocycles. The maximum Gasteiger partial charge on any atom is 0.335 e. The van der Waals surface area contributed by atoms with Crippen LogP contribution in [0.1, 0.15) is 42.0 Å². The molecule has 0 bridgehead atoms. The van der Waals surface area contributed by atoms with Gasteiger partial charge in [0, 0.05) is 0 Å². The minimum atomic E-state index is -1.02. The van der Waals surface area contributed by atoms with Crippen LogP contribution in [0.25, 0.3) is 0 Å². The van der Waals surface area contributed by atoms with Crippen LogP contribution in [-0.4, -0.2) is 46.9 Å². The van der Waals surface area contributed by atoms with Crippen LogP contribution in [0.3, 0.4) is 0 Å². The first-order valence-corrected chi connectivity index (χ1v) is 8.10. The molecule has 0 aliphatic rings. The molecule has 0 heterocycles. The second kappa shape index (κ2) is 12.7. The fraction of sp³-hybridized carbons (Fsp3) is 0.238. The smallest absolute Gasteiger partial charge is 0.335 e. The Bertz CT molecular complexity index is 840. The van der Waals surface area contributed by atoms with Gasteiger partial charge in [-0.05, 0) is 56.3 Å². The van der Waals surface area contributed by atoms with Gasteiger partial charge >= 0.3 is 11.9 Å². The summed E-state index contributed by atoms with van der Waals surface area (Å²) in [6, 6.07) is 11.9. The lowest BCUT2D eigenvalue weighted by atomic mass is 10.2. The predicted octanol–water partition coefficient (Wildman–Crippen LogP) is 3.34. The van der Waals surface area contributed by atoms with Crippen molar-refractivity contribution in [3.05, 3.63) is 59.7 Å². The largest absolute Gasteiger partial charge is 0.486 e. The van der Waals surface area contributed by atoms with Crippen LogP contribution in [0.4, 0.5) is 0 Å². The van der Waals surface area contributed by atoms with Gasteiger partial charge in [-0.1, -0.05) is 13.5 Å². The summed E-state index contributed by atoms with van der Waals surface area (Å²) >= 11 is 0. The summed E-state index contributed by atoms with van der Waals surface area (Å²) in [7, 11) is 0. The third-order valence-electron chi connectivity index (χ3n) is 3.07. The zero-order valence-electron chi connectivity index (χ0n) is 15.4. The summed E-state index contributed by atoms with van der Waals surface area (Å²) in [5.41, 5.74) is 0.339. The number of ether oxygens (including phenoxy) is 2. The Labute approximate surface area is 168 Å². The molecule has 2 rings (SSSR count). The van der Waals surface area contributed by atoms with Crippen molar-refractivity contribution in [3.63, 3.8) is 0 Å². The summed E-state index contributed by atoms with van der Waals surface area (Å²) in [6.45, 7) is 2.79. The van der Waals surface area contributed by atoms with E-state index in [0.717, 1.165) is 0 Å². The van der Waals surface area contributed by atoms with Crippen molar-refractivity contribution in [2.24, 2.45) is 0 Å². The van der Waals surface area contributed by atoms with Gasteiger partial charge in [-0.25, -0.2) is 9.59 Å². The van der Waals surface area contributed by atoms with E-state index in [0.29, 0.717) is 11.5 Å². The summed E-state index contributed by atoms with van der Waals surface area (Å²) in [6.07, 6.45) is 0. The van der Waals surface area contributed by atoms with Gasteiger partial charge in [0.15, 0.2) is 11.6 Å². The van der Waals surface area contributed by atoms with E-state index >= 15 is 0 Å². The van der Waals surface area contributed by atoms with Crippen molar-refractivity contribution in [2.75, 3.05) is 13.2 Å². The van der Waals surface area contributed by atoms with Gasteiger partial charge in [-0.3, -0.25) is 9.59 Å². The number of hydrogen-bond acceptors (Lipinski definition) is 6. The lowest BCUT2D eigenvalue weighted by molar-refractivity contribution is -0.119. The van der Waals surface area contributed by atoms with Crippen LogP contribution in [0.2, 0.25) is 0 Å². The normalized spacial score (nSPS) is 9.17. The van der Waals surface area contributed by atoms with Crippen molar-refractivity contribution < 1.29 is 38.9 Å². The van der Waals surface area contributed by atoms with Gasteiger partial charge in [-0.15, -0.1) is 0 Å². The Morgan fingerprint density at radius 3 is 1.66 bits per heavy atom. The second-order valence-electron chi connectivity index (χ2n) is 5.64. The van der Waals surface area contributed by atoms with E-state index in [1.165, 1.54) is 50.2 Å². The molecule has 0 aromatic heterocycles. The quantitative estimate of drug-likeness (QED) is 0.686. The van der Waals surface area contributed by atoms with Crippen molar-refractivity contribution in [3.8, 4) is 11.5 Å². The number of hydrogen-bond donors (Lipinski definition) is 2. The van der Waals surface area contributed by atoms with Crippen molar-refractivity contribution in [1.29, 1.82) is 0 Å². The van der Waals surface area contributed by atoms with E-state index in [2.05, 4.69) is 0 Å². The van der Waals surface area contributed by atoms with Gasteiger partial charge in [0.05, 0.1) is 11.1 Å². The molecule has 0 spiro atoms. The molecule has 29 heavy (non-hydrogen) atoms. The van der Waals surface area contributed by atoms with E-state index in [-0.39, 0.29) is 43.3 Å². The first-order chi connectivity index (χ1) is 13.2. The maximum absolute atomic E-state index is 10.6. The number of carboxylic acid groups (broad SMARTS) is 2. The Morgan fingerprint density at radius 2 is 1.21 bits per heavy atom. The molecule has 0 atom stereocenters. The number of benzene rings is 2. The Morgan fingerprint density at radius 1 is 0.724 bits per heavy atom. The molecule has 2 N–H and O–H groups in total. The number of ketones is 2. The minimum Gasteiger partial charge on any atom is -0.486 e. The highest BCUT2D eigenvalue weighted by atomic mass is 16.5. The molecule has 0 fully saturated rings. The van der Waals surface area contributed by atoms with E-state index < -0.39 is 11.9 Å². The van der Waals surface area contributed by atoms with Crippen molar-refractivity contribution in [1.82, 2.24) is 0 Å². The molecule has 0 amide bonds. The van der Waals surface area contributed by atoms with Crippen LogP contribution >= 0.6 is 0 Å². The van der Waals surface area contributed by atoms with E-state index in [9.17, 15) is 19.2 Å². The predicted molar refractivity (Wildman–Crippen MR) is 106 cm³/mol. The molecule has 0 unspecified atom stereocenters. The Kier molecular flexibility index (Phi) is 11.1. The van der Waals surface area contributed by atoms with Crippen LogP contribution in [0.15, 0.2) is 48.5 Å². The van der Waals surface area contributed by atoms with Crippen molar-refractivity contribution in [2.45, 2.75) is 21.3 Å². The molecule has 0 saturated carbocycles. The number of aromatic carboxylic acids is 2. The number of rotatable bonds is 8. The summed E-state index contributed by atoms with van der Waals surface area (Å²) in [4.78, 5) is 42.2. The minimum absolute atomic E-state index is 0. The van der Waals surface area contributed by atoms with E-state index in [1.54, 1.807) is 12.1 Å². The Balaban J connectivity index is 0.000000523. The third kappa shape index (κ3) is 10.3. The molecular weight excluding hydrogens is 380 g/mol. The van der Waals surface area contributed by atoms with Gasteiger partial charge in [0.1, 0.15) is 24.7 Å². The number of Topliss-reactive ketones (excluding diaryl/α,β-unsaturated/α-hetero) is 2. The fourth-order valence-electron chi connectivity index (χ4n) is 1.78. The van der Waals surface area contributed by atoms with Gasteiger partial charge in [-0.2, -0.15) is 0 Å². The average molecular weight is 404 g/mol. The molecule has 0 radical (unpaired) electrons. The monoisotopic (exact) mass is 404 g/mol. The van der Waals surface area contributed by atoms with Crippen LogP contribution < -0.4 is 9.47 Å². The molecular formula is C21H24O8. The first-order valence-electron chi connectivity index (χ1n) is 8.10. The third-order valence-corrected chi connectivity index (χ3v) is 3.07. The van der Waals surface area contributed by atoms with E-state index in [4.69, 9.17) is 19.7 Å². The SMILES string of the molecule is C.CC(=O)COc1ccc(C(=O)O)cc1.CC(=O)COc1cccc(C(=O)O)c1. The highest BCUT2D eigenvalue weighted by Crippen LogP contribution is 2.13. The zero-order chi connectivity index (χ0) is 21.1. The number of carboxylic acids is 2. The highest BCUT2D eigenvalue weighted by molar-refractivity contribution is 5.88. The lowest BCUT2D eigenvalue weighted by Gasteiger charge is -2.03. The number of carbonyl (C=O) groups excluding carboxylic acids is 2. The number of carbonyl (C=O) groups is 4. The fourth-order valence-corrected chi connectivity index (χ4v) is 1.78. The van der Waals surface area contributed by atoms with Gasteiger partial charge in [0.2, 0.25) is 0 Å². The van der Waals surface area contributed by atoms with E-state index in [1.807, 2.05) is 0 Å². The zero-order valence-corrected chi connectivity index (χ0v) is 15.4. The molecule has 156 valence electrons. The lowest BCUT2D eigenvalue weighted by Crippen LogP contribution is -2.07. The molecule has 0 saturated heterocycles. The topological polar surface area (TPSA) is 127 Å². The second-order valence-corrected chi connectivity index (χ2v) is 5.64. The molecule has 0 aliphatic heterocycles. The molecule has 8 nitrogen and oxygen atoms in total. The maximum atomic E-state index is 10.6. The summed E-state index contributed by atoms with van der Waals surface area (Å²) in [5, 5.41) is 17.3. The molecule has 8 heteroatoms. The van der Waals surface area contributed by atoms with Gasteiger partial charge in [0.25, 0.3) is 0 Å². The molecule has 2 aromatic rings. The van der Waals surface area contributed by atoms with Crippen LogP contribution in [0.5, 0.6) is 11.5 Å². The van der Waals surface area contributed by atoms with Crippen LogP contribution in [0, 0.1) is 0 Å². The van der Waals surface area contributed by atoms with Crippen molar-refractivity contribution >= 4 is 23.5 Å². The standard InChI is InChI=1S/2C10H10O4.CH4/c1-7(11)6-14-9-4-2-8(3-5-9)10(12)13;1-7(11)6-14-9-4-2-3-8(5-9)10(12)13;/h2*2-5H,6H2,1H3,(H,12,13);1H4. The Hall–Kier alpha value is -3.68. The van der Waals surface area contributed by atoms with Gasteiger partial charge < -0.3 is 19.7 Å².